The number of rotatable bonds is 2. The summed E-state index contributed by atoms with van der Waals surface area (Å²) in [5.41, 5.74) is 1.54. The fraction of sp³-hybridized carbons (Fsp3) is 0.667. The predicted octanol–water partition coefficient (Wildman–Crippen LogP) is 3.51. The van der Waals surface area contributed by atoms with E-state index in [1.54, 1.807) is 0 Å². The van der Waals surface area contributed by atoms with Crippen LogP contribution < -0.4 is 5.32 Å². The molecule has 0 spiro atoms. The molecule has 14 heavy (non-hydrogen) atoms. The molecule has 0 aromatic carbocycles. The van der Waals surface area contributed by atoms with Gasteiger partial charge in [0, 0.05) is 10.9 Å². The van der Waals surface area contributed by atoms with Gasteiger partial charge in [0.15, 0.2) is 0 Å². The molecular formula is C12H19NS. The molecule has 0 aliphatic carbocycles. The van der Waals surface area contributed by atoms with Crippen molar-refractivity contribution in [3.8, 4) is 0 Å². The van der Waals surface area contributed by atoms with E-state index in [9.17, 15) is 0 Å². The van der Waals surface area contributed by atoms with Crippen LogP contribution in [0.5, 0.6) is 0 Å². The molecule has 1 saturated heterocycles. The molecule has 1 aliphatic rings. The van der Waals surface area contributed by atoms with Crippen LogP contribution in [-0.2, 0) is 0 Å². The van der Waals surface area contributed by atoms with Crippen LogP contribution in [-0.4, -0.2) is 6.54 Å². The van der Waals surface area contributed by atoms with E-state index in [0.29, 0.717) is 6.04 Å². The highest BCUT2D eigenvalue weighted by Gasteiger charge is 2.22. The third kappa shape index (κ3) is 2.01. The Morgan fingerprint density at radius 3 is 3.07 bits per heavy atom. The monoisotopic (exact) mass is 209 g/mol. The number of thiophene rings is 1. The molecule has 2 heterocycles. The number of aryl methyl sites for hydroxylation is 1. The first-order valence-electron chi connectivity index (χ1n) is 5.58. The average molecular weight is 209 g/mol. The molecule has 1 fully saturated rings. The predicted molar refractivity (Wildman–Crippen MR) is 62.8 cm³/mol. The van der Waals surface area contributed by atoms with Crippen LogP contribution >= 0.6 is 11.3 Å². The smallest absolute Gasteiger partial charge is 0.0333 e. The van der Waals surface area contributed by atoms with Crippen molar-refractivity contribution in [2.24, 2.45) is 5.92 Å². The summed E-state index contributed by atoms with van der Waals surface area (Å²) in [7, 11) is 0. The van der Waals surface area contributed by atoms with Gasteiger partial charge in [0.2, 0.25) is 0 Å². The lowest BCUT2D eigenvalue weighted by molar-refractivity contribution is 0.299. The molecule has 1 nitrogen and oxygen atoms in total. The van der Waals surface area contributed by atoms with Gasteiger partial charge in [-0.2, -0.15) is 0 Å². The normalized spacial score (nSPS) is 27.9. The van der Waals surface area contributed by atoms with Gasteiger partial charge in [0.1, 0.15) is 0 Å². The van der Waals surface area contributed by atoms with Gasteiger partial charge in [-0.15, -0.1) is 11.3 Å². The van der Waals surface area contributed by atoms with E-state index < -0.39 is 0 Å². The highest BCUT2D eigenvalue weighted by molar-refractivity contribution is 7.10. The van der Waals surface area contributed by atoms with Gasteiger partial charge in [-0.25, -0.2) is 0 Å². The molecule has 0 saturated carbocycles. The third-order valence-corrected chi connectivity index (χ3v) is 4.23. The van der Waals surface area contributed by atoms with E-state index >= 15 is 0 Å². The van der Waals surface area contributed by atoms with Crippen LogP contribution in [0.25, 0.3) is 0 Å². The largest absolute Gasteiger partial charge is 0.310 e. The SMILES string of the molecule is CCC1CCNC(c2ccsc2C)C1. The van der Waals surface area contributed by atoms with Crippen molar-refractivity contribution in [3.05, 3.63) is 21.9 Å². The van der Waals surface area contributed by atoms with E-state index in [1.165, 1.54) is 36.2 Å². The Morgan fingerprint density at radius 2 is 2.43 bits per heavy atom. The second-order valence-corrected chi connectivity index (χ2v) is 5.36. The zero-order valence-corrected chi connectivity index (χ0v) is 9.86. The summed E-state index contributed by atoms with van der Waals surface area (Å²) in [6, 6.07) is 2.91. The molecule has 1 aromatic heterocycles. The van der Waals surface area contributed by atoms with E-state index in [4.69, 9.17) is 0 Å². The molecule has 78 valence electrons. The fourth-order valence-corrected chi connectivity index (χ4v) is 3.13. The second kappa shape index (κ2) is 4.45. The van der Waals surface area contributed by atoms with Crippen molar-refractivity contribution >= 4 is 11.3 Å². The zero-order valence-electron chi connectivity index (χ0n) is 9.05. The summed E-state index contributed by atoms with van der Waals surface area (Å²) in [4.78, 5) is 1.49. The van der Waals surface area contributed by atoms with Crippen molar-refractivity contribution < 1.29 is 0 Å². The fourth-order valence-electron chi connectivity index (χ4n) is 2.36. The minimum absolute atomic E-state index is 0.625. The molecule has 0 amide bonds. The Morgan fingerprint density at radius 1 is 1.57 bits per heavy atom. The van der Waals surface area contributed by atoms with E-state index in [0.717, 1.165) is 5.92 Å². The summed E-state index contributed by atoms with van der Waals surface area (Å²) in [5, 5.41) is 5.84. The van der Waals surface area contributed by atoms with Crippen LogP contribution in [0.3, 0.4) is 0 Å². The van der Waals surface area contributed by atoms with Gasteiger partial charge >= 0.3 is 0 Å². The molecule has 2 atom stereocenters. The Balaban J connectivity index is 2.08. The minimum Gasteiger partial charge on any atom is -0.310 e. The first-order chi connectivity index (χ1) is 6.81. The maximum atomic E-state index is 3.63. The molecule has 2 rings (SSSR count). The summed E-state index contributed by atoms with van der Waals surface area (Å²) in [5.74, 6) is 0.931. The van der Waals surface area contributed by atoms with Gasteiger partial charge in [-0.05, 0) is 49.2 Å². The van der Waals surface area contributed by atoms with Gasteiger partial charge in [-0.1, -0.05) is 13.3 Å². The van der Waals surface area contributed by atoms with E-state index in [-0.39, 0.29) is 0 Å². The topological polar surface area (TPSA) is 12.0 Å². The van der Waals surface area contributed by atoms with Gasteiger partial charge in [-0.3, -0.25) is 0 Å². The highest BCUT2D eigenvalue weighted by atomic mass is 32.1. The Kier molecular flexibility index (Phi) is 3.24. The number of nitrogens with one attached hydrogen (secondary N) is 1. The quantitative estimate of drug-likeness (QED) is 0.786. The van der Waals surface area contributed by atoms with Crippen molar-refractivity contribution in [3.63, 3.8) is 0 Å². The average Bonchev–Trinajstić information content (AvgIpc) is 2.65. The van der Waals surface area contributed by atoms with Crippen LogP contribution in [0.15, 0.2) is 11.4 Å². The molecule has 1 aliphatic heterocycles. The highest BCUT2D eigenvalue weighted by Crippen LogP contribution is 2.32. The Labute approximate surface area is 90.5 Å². The van der Waals surface area contributed by atoms with E-state index in [2.05, 4.69) is 30.6 Å². The Hall–Kier alpha value is -0.340. The first kappa shape index (κ1) is 10.2. The van der Waals surface area contributed by atoms with Crippen LogP contribution in [0.1, 0.15) is 42.7 Å². The van der Waals surface area contributed by atoms with Crippen molar-refractivity contribution in [2.75, 3.05) is 6.54 Å². The van der Waals surface area contributed by atoms with Gasteiger partial charge in [0.05, 0.1) is 0 Å². The zero-order chi connectivity index (χ0) is 9.97. The first-order valence-corrected chi connectivity index (χ1v) is 6.46. The van der Waals surface area contributed by atoms with E-state index in [1.807, 2.05) is 11.3 Å². The van der Waals surface area contributed by atoms with Crippen molar-refractivity contribution in [1.29, 1.82) is 0 Å². The van der Waals surface area contributed by atoms with Gasteiger partial charge in [0.25, 0.3) is 0 Å². The lowest BCUT2D eigenvalue weighted by atomic mass is 9.87. The molecule has 0 bridgehead atoms. The number of piperidine rings is 1. The number of hydrogen-bond acceptors (Lipinski definition) is 2. The lowest BCUT2D eigenvalue weighted by Crippen LogP contribution is -2.31. The molecular weight excluding hydrogens is 190 g/mol. The molecule has 2 unspecified atom stereocenters. The van der Waals surface area contributed by atoms with Crippen molar-refractivity contribution in [2.45, 2.75) is 39.2 Å². The summed E-state index contributed by atoms with van der Waals surface area (Å²) < 4.78 is 0. The second-order valence-electron chi connectivity index (χ2n) is 4.24. The third-order valence-electron chi connectivity index (χ3n) is 3.36. The van der Waals surface area contributed by atoms with Crippen molar-refractivity contribution in [1.82, 2.24) is 5.32 Å². The van der Waals surface area contributed by atoms with Gasteiger partial charge < -0.3 is 5.32 Å². The number of hydrogen-bond donors (Lipinski definition) is 1. The standard InChI is InChI=1S/C12H19NS/c1-3-10-4-6-13-12(8-10)11-5-7-14-9(11)2/h5,7,10,12-13H,3-4,6,8H2,1-2H3. The maximum Gasteiger partial charge on any atom is 0.0333 e. The van der Waals surface area contributed by atoms with Crippen LogP contribution in [0.2, 0.25) is 0 Å². The molecule has 2 heteroatoms. The summed E-state index contributed by atoms with van der Waals surface area (Å²) in [6.07, 6.45) is 4.02. The lowest BCUT2D eigenvalue weighted by Gasteiger charge is -2.30. The molecule has 1 N–H and O–H groups in total. The molecule has 1 aromatic rings. The van der Waals surface area contributed by atoms with Crippen LogP contribution in [0.4, 0.5) is 0 Å². The maximum absolute atomic E-state index is 3.63. The van der Waals surface area contributed by atoms with Crippen LogP contribution in [0, 0.1) is 12.8 Å². The molecule has 0 radical (unpaired) electrons. The summed E-state index contributed by atoms with van der Waals surface area (Å²) >= 11 is 1.87. The minimum atomic E-state index is 0.625. The Bertz CT molecular complexity index is 292. The summed E-state index contributed by atoms with van der Waals surface area (Å²) in [6.45, 7) is 5.74.